The number of carbonyl (C=O) groups excluding carboxylic acids is 1. The second kappa shape index (κ2) is 6.59. The number of hydrogen-bond donors (Lipinski definition) is 0. The average molecular weight is 288 g/mol. The van der Waals surface area contributed by atoms with Crippen LogP contribution in [0.25, 0.3) is 6.08 Å². The Balaban J connectivity index is 2.28. The van der Waals surface area contributed by atoms with E-state index >= 15 is 0 Å². The Kier molecular flexibility index (Phi) is 4.81. The predicted molar refractivity (Wildman–Crippen MR) is 78.5 cm³/mol. The van der Waals surface area contributed by atoms with Gasteiger partial charge in [-0.3, -0.25) is 0 Å². The fourth-order valence-corrected chi connectivity index (χ4v) is 2.65. The van der Waals surface area contributed by atoms with Gasteiger partial charge in [0, 0.05) is 24.5 Å². The van der Waals surface area contributed by atoms with Crippen molar-refractivity contribution in [2.75, 3.05) is 13.7 Å². The highest BCUT2D eigenvalue weighted by Gasteiger charge is 2.19. The van der Waals surface area contributed by atoms with Gasteiger partial charge in [0.05, 0.1) is 13.2 Å². The molecule has 1 saturated heterocycles. The quantitative estimate of drug-likeness (QED) is 0.485. The fraction of sp³-hybridized carbons (Fsp3) is 0.500. The van der Waals surface area contributed by atoms with Gasteiger partial charge in [-0.1, -0.05) is 0 Å². The lowest BCUT2D eigenvalue weighted by Crippen LogP contribution is -2.16. The molecule has 0 bridgehead atoms. The first kappa shape index (κ1) is 15.3. The van der Waals surface area contributed by atoms with E-state index in [1.165, 1.54) is 7.11 Å². The number of ether oxygens (including phenoxy) is 2. The summed E-state index contributed by atoms with van der Waals surface area (Å²) in [5.41, 5.74) is 3.00. The minimum atomic E-state index is -0.610. The Morgan fingerprint density at radius 1 is 1.62 bits per heavy atom. The molecule has 1 atom stereocenters. The number of aryl methyl sites for hydroxylation is 1. The molecule has 1 unspecified atom stereocenters. The number of nitriles is 1. The second-order valence-electron chi connectivity index (χ2n) is 5.23. The second-order valence-corrected chi connectivity index (χ2v) is 5.23. The highest BCUT2D eigenvalue weighted by molar-refractivity contribution is 5.97. The van der Waals surface area contributed by atoms with E-state index < -0.39 is 5.97 Å². The molecule has 0 saturated carbocycles. The maximum atomic E-state index is 11.5. The SMILES string of the molecule is COC(=O)/C(C#N)=C/c1cc(C)n(CC2CCCO2)c1C. The predicted octanol–water partition coefficient (Wildman–Crippen LogP) is 2.36. The van der Waals surface area contributed by atoms with E-state index in [0.29, 0.717) is 0 Å². The van der Waals surface area contributed by atoms with E-state index in [4.69, 9.17) is 10.00 Å². The van der Waals surface area contributed by atoms with Gasteiger partial charge in [-0.25, -0.2) is 4.79 Å². The molecule has 0 amide bonds. The third kappa shape index (κ3) is 3.34. The largest absolute Gasteiger partial charge is 0.465 e. The first-order valence-electron chi connectivity index (χ1n) is 7.05. The van der Waals surface area contributed by atoms with Crippen molar-refractivity contribution in [1.82, 2.24) is 4.57 Å². The lowest BCUT2D eigenvalue weighted by atomic mass is 10.1. The number of methoxy groups -OCH3 is 1. The van der Waals surface area contributed by atoms with Crippen LogP contribution in [0.15, 0.2) is 11.6 Å². The molecule has 0 radical (unpaired) electrons. The van der Waals surface area contributed by atoms with Crippen molar-refractivity contribution in [2.45, 2.75) is 39.3 Å². The molecule has 1 aliphatic heterocycles. The van der Waals surface area contributed by atoms with Crippen molar-refractivity contribution in [3.63, 3.8) is 0 Å². The molecule has 0 aromatic carbocycles. The Bertz CT molecular complexity index is 602. The zero-order valence-corrected chi connectivity index (χ0v) is 12.7. The van der Waals surface area contributed by atoms with Gasteiger partial charge in [-0.05, 0) is 44.4 Å². The topological polar surface area (TPSA) is 64.2 Å². The molecule has 21 heavy (non-hydrogen) atoms. The van der Waals surface area contributed by atoms with Gasteiger partial charge in [0.15, 0.2) is 0 Å². The molecule has 5 nitrogen and oxygen atoms in total. The standard InChI is InChI=1S/C16H20N2O3/c1-11-7-13(8-14(9-17)16(19)20-3)12(2)18(11)10-15-5-4-6-21-15/h7-8,15H,4-6,10H2,1-3H3/b14-8+. The Morgan fingerprint density at radius 3 is 2.95 bits per heavy atom. The summed E-state index contributed by atoms with van der Waals surface area (Å²) < 4.78 is 12.4. The molecule has 0 aliphatic carbocycles. The number of nitrogens with zero attached hydrogens (tertiary/aromatic N) is 2. The van der Waals surface area contributed by atoms with E-state index in [1.807, 2.05) is 26.0 Å². The van der Waals surface area contributed by atoms with Gasteiger partial charge in [0.2, 0.25) is 0 Å². The molecule has 0 spiro atoms. The van der Waals surface area contributed by atoms with Gasteiger partial charge in [0.25, 0.3) is 0 Å². The highest BCUT2D eigenvalue weighted by Crippen LogP contribution is 2.22. The summed E-state index contributed by atoms with van der Waals surface area (Å²) in [6.07, 6.45) is 4.02. The molecule has 2 heterocycles. The maximum Gasteiger partial charge on any atom is 0.348 e. The normalized spacial score (nSPS) is 18.6. The van der Waals surface area contributed by atoms with Crippen LogP contribution in [0, 0.1) is 25.2 Å². The summed E-state index contributed by atoms with van der Waals surface area (Å²) in [6.45, 7) is 5.65. The Morgan fingerprint density at radius 2 is 2.38 bits per heavy atom. The highest BCUT2D eigenvalue weighted by atomic mass is 16.5. The maximum absolute atomic E-state index is 11.5. The van der Waals surface area contributed by atoms with Crippen LogP contribution in [0.3, 0.4) is 0 Å². The molecule has 2 rings (SSSR count). The van der Waals surface area contributed by atoms with Gasteiger partial charge in [-0.2, -0.15) is 5.26 Å². The van der Waals surface area contributed by atoms with Gasteiger partial charge >= 0.3 is 5.97 Å². The summed E-state index contributed by atoms with van der Waals surface area (Å²) in [5, 5.41) is 9.04. The molecular formula is C16H20N2O3. The molecular weight excluding hydrogens is 268 g/mol. The number of aromatic nitrogens is 1. The smallest absolute Gasteiger partial charge is 0.348 e. The summed E-state index contributed by atoms with van der Waals surface area (Å²) in [5.74, 6) is -0.610. The van der Waals surface area contributed by atoms with Crippen molar-refractivity contribution in [3.8, 4) is 6.07 Å². The number of hydrogen-bond acceptors (Lipinski definition) is 4. The molecule has 1 aromatic rings. The van der Waals surface area contributed by atoms with E-state index in [1.54, 1.807) is 6.08 Å². The van der Waals surface area contributed by atoms with Crippen LogP contribution in [0.2, 0.25) is 0 Å². The molecule has 1 aliphatic rings. The first-order valence-corrected chi connectivity index (χ1v) is 7.05. The van der Waals surface area contributed by atoms with Crippen molar-refractivity contribution in [3.05, 3.63) is 28.6 Å². The number of rotatable bonds is 4. The summed E-state index contributed by atoms with van der Waals surface area (Å²) in [6, 6.07) is 3.86. The van der Waals surface area contributed by atoms with Crippen molar-refractivity contribution >= 4 is 12.0 Å². The zero-order valence-electron chi connectivity index (χ0n) is 12.7. The van der Waals surface area contributed by atoms with Crippen LogP contribution >= 0.6 is 0 Å². The minimum Gasteiger partial charge on any atom is -0.465 e. The van der Waals surface area contributed by atoms with Crippen LogP contribution in [-0.4, -0.2) is 30.4 Å². The van der Waals surface area contributed by atoms with Crippen LogP contribution in [0.1, 0.15) is 29.8 Å². The molecule has 112 valence electrons. The lowest BCUT2D eigenvalue weighted by Gasteiger charge is -2.14. The van der Waals surface area contributed by atoms with E-state index in [-0.39, 0.29) is 11.7 Å². The van der Waals surface area contributed by atoms with Crippen molar-refractivity contribution < 1.29 is 14.3 Å². The zero-order chi connectivity index (χ0) is 15.4. The number of esters is 1. The third-order valence-electron chi connectivity index (χ3n) is 3.85. The third-order valence-corrected chi connectivity index (χ3v) is 3.85. The molecule has 1 fully saturated rings. The molecule has 5 heteroatoms. The summed E-state index contributed by atoms with van der Waals surface area (Å²) in [7, 11) is 1.27. The summed E-state index contributed by atoms with van der Waals surface area (Å²) in [4.78, 5) is 11.5. The molecule has 1 aromatic heterocycles. The summed E-state index contributed by atoms with van der Waals surface area (Å²) >= 11 is 0. The van der Waals surface area contributed by atoms with E-state index in [0.717, 1.165) is 42.9 Å². The van der Waals surface area contributed by atoms with Gasteiger partial charge < -0.3 is 14.0 Å². The molecule has 0 N–H and O–H groups in total. The lowest BCUT2D eigenvalue weighted by molar-refractivity contribution is -0.135. The fourth-order valence-electron chi connectivity index (χ4n) is 2.65. The number of carbonyl (C=O) groups is 1. The van der Waals surface area contributed by atoms with E-state index in [9.17, 15) is 4.79 Å². The average Bonchev–Trinajstić information content (AvgIpc) is 3.08. The van der Waals surface area contributed by atoms with Crippen LogP contribution < -0.4 is 0 Å². The van der Waals surface area contributed by atoms with Crippen LogP contribution in [0.4, 0.5) is 0 Å². The Labute approximate surface area is 124 Å². The minimum absolute atomic E-state index is 0.00914. The van der Waals surface area contributed by atoms with E-state index in [2.05, 4.69) is 9.30 Å². The first-order chi connectivity index (χ1) is 10.1. The van der Waals surface area contributed by atoms with Gasteiger partial charge in [-0.15, -0.1) is 0 Å². The van der Waals surface area contributed by atoms with Crippen molar-refractivity contribution in [2.24, 2.45) is 0 Å². The van der Waals surface area contributed by atoms with Gasteiger partial charge in [0.1, 0.15) is 11.6 Å². The monoisotopic (exact) mass is 288 g/mol. The van der Waals surface area contributed by atoms with Crippen LogP contribution in [-0.2, 0) is 20.8 Å². The van der Waals surface area contributed by atoms with Crippen LogP contribution in [0.5, 0.6) is 0 Å². The van der Waals surface area contributed by atoms with Crippen molar-refractivity contribution in [1.29, 1.82) is 5.26 Å². The Hall–Kier alpha value is -2.06.